The molecule has 4 N–H and O–H groups in total. The maximum Gasteiger partial charge on any atom is 0.246 e. The van der Waals surface area contributed by atoms with Crippen molar-refractivity contribution in [1.82, 2.24) is 14.8 Å². The fraction of sp³-hybridized carbons (Fsp3) is 1.00. The second-order valence-electron chi connectivity index (χ2n) is 2.20. The third kappa shape index (κ3) is 40.3. The van der Waals surface area contributed by atoms with Crippen LogP contribution >= 0.6 is 0 Å². The Bertz CT molecular complexity index is 106. The van der Waals surface area contributed by atoms with Gasteiger partial charge in [0, 0.05) is 28.2 Å². The van der Waals surface area contributed by atoms with Crippen molar-refractivity contribution in [3.8, 4) is 0 Å². The fourth-order valence-corrected chi connectivity index (χ4v) is 0.469. The summed E-state index contributed by atoms with van der Waals surface area (Å²) in [5, 5.41) is 2.90. The Balaban J connectivity index is 0. The van der Waals surface area contributed by atoms with E-state index >= 15 is 0 Å². The average molecular weight is 184 g/mol. The number of nitrogens with two attached hydrogens (primary N) is 1. The summed E-state index contributed by atoms with van der Waals surface area (Å²) in [7, 11) is 6.82. The molecular weight excluding hydrogens is 168 g/mol. The minimum Gasteiger partial charge on any atom is -0.293 e. The molecule has 0 fully saturated rings. The second-order valence-corrected chi connectivity index (χ2v) is 2.88. The van der Waals surface area contributed by atoms with E-state index in [0.29, 0.717) is 0 Å². The highest BCUT2D eigenvalue weighted by Crippen LogP contribution is 1.63. The minimum atomic E-state index is -1.92. The largest absolute Gasteiger partial charge is 0.293 e. The lowest BCUT2D eigenvalue weighted by Gasteiger charge is -2.04. The Morgan fingerprint density at radius 1 is 1.36 bits per heavy atom. The monoisotopic (exact) mass is 184 g/mol. The lowest BCUT2D eigenvalue weighted by atomic mass is 11.2. The van der Waals surface area contributed by atoms with E-state index < -0.39 is 11.3 Å². The summed E-state index contributed by atoms with van der Waals surface area (Å²) in [6.07, 6.45) is 0. The van der Waals surface area contributed by atoms with Crippen LogP contribution < -0.4 is 10.7 Å². The highest BCUT2D eigenvalue weighted by Gasteiger charge is 1.88. The number of rotatable bonds is 2. The third-order valence-electron chi connectivity index (χ3n) is 0.261. The Morgan fingerprint density at radius 3 is 1.64 bits per heavy atom. The molecule has 1 unspecified atom stereocenters. The van der Waals surface area contributed by atoms with Gasteiger partial charge in [-0.3, -0.25) is 15.4 Å². The van der Waals surface area contributed by atoms with Gasteiger partial charge in [0.2, 0.25) is 11.3 Å². The maximum absolute atomic E-state index is 9.77. The lowest BCUT2D eigenvalue weighted by Crippen LogP contribution is -2.31. The van der Waals surface area contributed by atoms with E-state index in [9.17, 15) is 4.21 Å². The van der Waals surface area contributed by atoms with Crippen molar-refractivity contribution in [3.63, 3.8) is 0 Å². The van der Waals surface area contributed by atoms with Crippen LogP contribution in [0.2, 0.25) is 0 Å². The van der Waals surface area contributed by atoms with Gasteiger partial charge in [0.15, 0.2) is 0 Å². The van der Waals surface area contributed by atoms with Gasteiger partial charge in [0.1, 0.15) is 0 Å². The van der Waals surface area contributed by atoms with Gasteiger partial charge in [-0.15, -0.1) is 4.83 Å². The van der Waals surface area contributed by atoms with Crippen LogP contribution in [0.15, 0.2) is 0 Å². The van der Waals surface area contributed by atoms with Crippen molar-refractivity contribution in [3.05, 3.63) is 0 Å². The van der Waals surface area contributed by atoms with Gasteiger partial charge in [-0.25, -0.2) is 9.22 Å². The predicted octanol–water partition coefficient (Wildman–Crippen LogP) is -1.39. The molecule has 0 amide bonds. The number of hydrazine groups is 2. The minimum absolute atomic E-state index is 1.40. The van der Waals surface area contributed by atoms with Crippen LogP contribution in [-0.4, -0.2) is 47.0 Å². The number of nitrogens with one attached hydrogen (secondary N) is 1. The molecule has 0 aliphatic heterocycles. The fourth-order valence-electron chi connectivity index (χ4n) is 0.156. The van der Waals surface area contributed by atoms with Gasteiger partial charge in [-0.05, 0) is 0 Å². The van der Waals surface area contributed by atoms with Crippen molar-refractivity contribution in [1.29, 1.82) is 0 Å². The van der Waals surface area contributed by atoms with Crippen LogP contribution in [-0.2, 0) is 11.3 Å². The van der Waals surface area contributed by atoms with E-state index in [-0.39, 0.29) is 0 Å². The zero-order chi connectivity index (χ0) is 9.44. The molecule has 70 valence electrons. The molecule has 7 heteroatoms. The predicted molar refractivity (Wildman–Crippen MR) is 45.5 cm³/mol. The van der Waals surface area contributed by atoms with Crippen LogP contribution in [0.25, 0.3) is 0 Å². The zero-order valence-electron chi connectivity index (χ0n) is 7.24. The summed E-state index contributed by atoms with van der Waals surface area (Å²) in [6.45, 7) is 0. The first-order valence-corrected chi connectivity index (χ1v) is 3.93. The van der Waals surface area contributed by atoms with E-state index in [1.165, 1.54) is 10.0 Å². The molecule has 0 heterocycles. The SMILES string of the molecule is CN(C)N.CN(C)NS(=O)O. The quantitative estimate of drug-likeness (QED) is 0.280. The Morgan fingerprint density at radius 2 is 1.64 bits per heavy atom. The summed E-state index contributed by atoms with van der Waals surface area (Å²) in [5.74, 6) is 4.94. The first-order chi connectivity index (χ1) is 4.86. The molecule has 6 nitrogen and oxygen atoms in total. The van der Waals surface area contributed by atoms with Crippen molar-refractivity contribution >= 4 is 11.3 Å². The van der Waals surface area contributed by atoms with E-state index in [0.717, 1.165) is 0 Å². The number of hydrogen-bond donors (Lipinski definition) is 3. The van der Waals surface area contributed by atoms with Crippen LogP contribution in [0.1, 0.15) is 0 Å². The van der Waals surface area contributed by atoms with Crippen LogP contribution in [0.4, 0.5) is 0 Å². The van der Waals surface area contributed by atoms with Crippen molar-refractivity contribution in [2.75, 3.05) is 28.2 Å². The summed E-state index contributed by atoms with van der Waals surface area (Å²) in [4.78, 5) is 2.17. The smallest absolute Gasteiger partial charge is 0.246 e. The molecule has 0 aliphatic carbocycles. The molecule has 0 saturated heterocycles. The Labute approximate surface area is 69.7 Å². The Hall–Kier alpha value is -0.0500. The molecule has 11 heavy (non-hydrogen) atoms. The Kier molecular flexibility index (Phi) is 9.90. The van der Waals surface area contributed by atoms with Crippen molar-refractivity contribution in [2.45, 2.75) is 0 Å². The first-order valence-electron chi connectivity index (χ1n) is 2.82. The molecule has 0 aromatic carbocycles. The summed E-state index contributed by atoms with van der Waals surface area (Å²) >= 11 is -1.92. The molecule has 0 spiro atoms. The van der Waals surface area contributed by atoms with Gasteiger partial charge >= 0.3 is 0 Å². The van der Waals surface area contributed by atoms with E-state index in [2.05, 4.69) is 4.83 Å². The van der Waals surface area contributed by atoms with E-state index in [1.54, 1.807) is 28.2 Å². The topological polar surface area (TPSA) is 81.8 Å². The van der Waals surface area contributed by atoms with Gasteiger partial charge in [0.25, 0.3) is 0 Å². The number of hydrogen-bond acceptors (Lipinski definition) is 4. The average Bonchev–Trinajstić information content (AvgIpc) is 1.56. The third-order valence-corrected chi connectivity index (χ3v) is 0.782. The zero-order valence-corrected chi connectivity index (χ0v) is 8.05. The van der Waals surface area contributed by atoms with Gasteiger partial charge in [-0.1, -0.05) is 0 Å². The van der Waals surface area contributed by atoms with Crippen LogP contribution in [0.3, 0.4) is 0 Å². The van der Waals surface area contributed by atoms with Gasteiger partial charge < -0.3 is 0 Å². The van der Waals surface area contributed by atoms with Gasteiger partial charge in [-0.2, -0.15) is 0 Å². The molecule has 1 atom stereocenters. The lowest BCUT2D eigenvalue weighted by molar-refractivity contribution is 0.358. The van der Waals surface area contributed by atoms with E-state index in [1.807, 2.05) is 0 Å². The molecule has 0 radical (unpaired) electrons. The molecule has 0 saturated carbocycles. The molecule has 0 bridgehead atoms. The normalized spacial score (nSPS) is 12.7. The summed E-state index contributed by atoms with van der Waals surface area (Å²) in [5.41, 5.74) is 0. The van der Waals surface area contributed by atoms with Crippen LogP contribution in [0, 0.1) is 0 Å². The molecule has 0 aromatic heterocycles. The summed E-state index contributed by atoms with van der Waals surface area (Å²) < 4.78 is 17.8. The highest BCUT2D eigenvalue weighted by molar-refractivity contribution is 7.77. The van der Waals surface area contributed by atoms with Gasteiger partial charge in [0.05, 0.1) is 0 Å². The standard InChI is InChI=1S/C2H8N2O2S.C2H8N2/c1-4(2)3-7(5)6;1-4(2)3/h3H,1-2H3,(H,5,6);3H2,1-2H3. The van der Waals surface area contributed by atoms with E-state index in [4.69, 9.17) is 10.4 Å². The van der Waals surface area contributed by atoms with Crippen molar-refractivity contribution in [2.24, 2.45) is 5.84 Å². The first kappa shape index (κ1) is 13.5. The molecular formula is C4H16N4O2S. The molecule has 0 rings (SSSR count). The molecule has 0 aromatic rings. The van der Waals surface area contributed by atoms with Crippen LogP contribution in [0.5, 0.6) is 0 Å². The second kappa shape index (κ2) is 8.05. The summed E-state index contributed by atoms with van der Waals surface area (Å²) in [6, 6.07) is 0. The maximum atomic E-state index is 9.77. The highest BCUT2D eigenvalue weighted by atomic mass is 32.2. The molecule has 0 aliphatic rings. The van der Waals surface area contributed by atoms with Crippen molar-refractivity contribution < 1.29 is 8.76 Å². The number of nitrogens with zero attached hydrogens (tertiary/aromatic N) is 2.